The van der Waals surface area contributed by atoms with Gasteiger partial charge in [0.1, 0.15) is 0 Å². The summed E-state index contributed by atoms with van der Waals surface area (Å²) >= 11 is 0. The molecule has 0 aromatic carbocycles. The number of aliphatic hydroxyl groups is 2. The van der Waals surface area contributed by atoms with Crippen molar-refractivity contribution in [2.45, 2.75) is 25.6 Å². The van der Waals surface area contributed by atoms with Crippen LogP contribution < -0.4 is 0 Å². The van der Waals surface area contributed by atoms with E-state index in [-0.39, 0.29) is 5.91 Å². The van der Waals surface area contributed by atoms with Gasteiger partial charge in [-0.25, -0.2) is 0 Å². The molecule has 4 heteroatoms. The Kier molecular flexibility index (Phi) is 3.45. The van der Waals surface area contributed by atoms with E-state index in [9.17, 15) is 15.0 Å². The lowest BCUT2D eigenvalue weighted by Gasteiger charge is -2.32. The van der Waals surface area contributed by atoms with E-state index in [2.05, 4.69) is 0 Å². The smallest absolute Gasteiger partial charge is 0.246 e. The number of likely N-dealkylation sites (tertiary alicyclic amines) is 1. The van der Waals surface area contributed by atoms with Crippen molar-refractivity contribution in [3.05, 3.63) is 12.2 Å². The topological polar surface area (TPSA) is 60.8 Å². The highest BCUT2D eigenvalue weighted by atomic mass is 16.3. The Balaban J connectivity index is 2.54. The molecule has 2 N–H and O–H groups in total. The Morgan fingerprint density at radius 1 is 1.38 bits per heavy atom. The van der Waals surface area contributed by atoms with Gasteiger partial charge in [-0.1, -0.05) is 6.08 Å². The lowest BCUT2D eigenvalue weighted by atomic mass is 10.1. The number of aliphatic hydroxyl groups excluding tert-OH is 2. The molecule has 0 bridgehead atoms. The second-order valence-electron chi connectivity index (χ2n) is 3.29. The minimum Gasteiger partial charge on any atom is -0.391 e. The Labute approximate surface area is 77.5 Å². The van der Waals surface area contributed by atoms with Crippen LogP contribution in [0.15, 0.2) is 12.2 Å². The number of carbonyl (C=O) groups is 1. The zero-order chi connectivity index (χ0) is 9.84. The van der Waals surface area contributed by atoms with E-state index in [1.165, 1.54) is 11.0 Å². The van der Waals surface area contributed by atoms with Gasteiger partial charge in [-0.15, -0.1) is 0 Å². The minimum absolute atomic E-state index is 0.152. The van der Waals surface area contributed by atoms with E-state index < -0.39 is 12.2 Å². The lowest BCUT2D eigenvalue weighted by molar-refractivity contribution is -0.132. The predicted octanol–water partition coefficient (Wildman–Crippen LogP) is -0.483. The summed E-state index contributed by atoms with van der Waals surface area (Å²) in [5.41, 5.74) is 0. The molecule has 1 fully saturated rings. The van der Waals surface area contributed by atoms with Crippen LogP contribution in [0.3, 0.4) is 0 Å². The fraction of sp³-hybridized carbons (Fsp3) is 0.667. The molecule has 13 heavy (non-hydrogen) atoms. The first kappa shape index (κ1) is 10.2. The minimum atomic E-state index is -0.599. The number of amides is 1. The average Bonchev–Trinajstić information content (AvgIpc) is 2.03. The summed E-state index contributed by atoms with van der Waals surface area (Å²) in [6.45, 7) is 2.40. The maximum atomic E-state index is 11.3. The predicted molar refractivity (Wildman–Crippen MR) is 48.0 cm³/mol. The van der Waals surface area contributed by atoms with E-state index in [1.54, 1.807) is 13.0 Å². The molecule has 0 radical (unpaired) electrons. The quantitative estimate of drug-likeness (QED) is 0.542. The largest absolute Gasteiger partial charge is 0.391 e. The molecule has 1 aliphatic rings. The summed E-state index contributed by atoms with van der Waals surface area (Å²) in [5, 5.41) is 18.6. The van der Waals surface area contributed by atoms with Crippen molar-refractivity contribution in [2.75, 3.05) is 13.1 Å². The van der Waals surface area contributed by atoms with Crippen LogP contribution >= 0.6 is 0 Å². The zero-order valence-electron chi connectivity index (χ0n) is 7.68. The van der Waals surface area contributed by atoms with Gasteiger partial charge < -0.3 is 15.1 Å². The molecule has 1 amide bonds. The molecule has 74 valence electrons. The molecule has 1 heterocycles. The number of hydrogen-bond acceptors (Lipinski definition) is 3. The van der Waals surface area contributed by atoms with Gasteiger partial charge in [0, 0.05) is 19.5 Å². The molecule has 2 atom stereocenters. The van der Waals surface area contributed by atoms with Crippen LogP contribution in [-0.2, 0) is 4.79 Å². The zero-order valence-corrected chi connectivity index (χ0v) is 7.68. The Morgan fingerprint density at radius 2 is 1.92 bits per heavy atom. The monoisotopic (exact) mass is 185 g/mol. The third kappa shape index (κ3) is 2.82. The van der Waals surface area contributed by atoms with E-state index in [4.69, 9.17) is 0 Å². The number of β-amino-alcohol motifs (C(OH)–C–C–N with tert-alkyl or cyclic N) is 2. The molecule has 0 aromatic rings. The van der Waals surface area contributed by atoms with Crippen molar-refractivity contribution in [1.82, 2.24) is 4.90 Å². The average molecular weight is 185 g/mol. The van der Waals surface area contributed by atoms with Gasteiger partial charge in [-0.2, -0.15) is 0 Å². The molecular formula is C9H15NO3. The Bertz CT molecular complexity index is 205. The molecular weight excluding hydrogens is 170 g/mol. The molecule has 1 rings (SSSR count). The first-order valence-corrected chi connectivity index (χ1v) is 4.41. The second-order valence-corrected chi connectivity index (χ2v) is 3.29. The van der Waals surface area contributed by atoms with Gasteiger partial charge in [-0.05, 0) is 13.0 Å². The summed E-state index contributed by atoms with van der Waals surface area (Å²) in [4.78, 5) is 12.8. The molecule has 4 nitrogen and oxygen atoms in total. The van der Waals surface area contributed by atoms with Crippen LogP contribution in [0.4, 0.5) is 0 Å². The maximum absolute atomic E-state index is 11.3. The van der Waals surface area contributed by atoms with Crippen LogP contribution in [0.2, 0.25) is 0 Å². The standard InChI is InChI=1S/C9H15NO3/c1-2-3-9(13)10-5-7(11)4-8(12)6-10/h2-3,7-8,11-12H,4-6H2,1H3/b3-2+/t7-,8+. The van der Waals surface area contributed by atoms with Crippen molar-refractivity contribution in [3.8, 4) is 0 Å². The van der Waals surface area contributed by atoms with Crippen molar-refractivity contribution in [3.63, 3.8) is 0 Å². The molecule has 0 saturated carbocycles. The number of piperidine rings is 1. The van der Waals surface area contributed by atoms with Crippen molar-refractivity contribution in [1.29, 1.82) is 0 Å². The molecule has 1 aliphatic heterocycles. The highest BCUT2D eigenvalue weighted by molar-refractivity contribution is 5.87. The van der Waals surface area contributed by atoms with Crippen LogP contribution in [0.5, 0.6) is 0 Å². The molecule has 0 spiro atoms. The lowest BCUT2D eigenvalue weighted by Crippen LogP contribution is -2.47. The highest BCUT2D eigenvalue weighted by Gasteiger charge is 2.26. The summed E-state index contributed by atoms with van der Waals surface area (Å²) in [5.74, 6) is -0.152. The summed E-state index contributed by atoms with van der Waals surface area (Å²) < 4.78 is 0. The fourth-order valence-electron chi connectivity index (χ4n) is 1.47. The molecule has 0 aliphatic carbocycles. The number of hydrogen-bond donors (Lipinski definition) is 2. The van der Waals surface area contributed by atoms with E-state index in [0.717, 1.165) is 0 Å². The van der Waals surface area contributed by atoms with Gasteiger partial charge in [-0.3, -0.25) is 4.79 Å². The van der Waals surface area contributed by atoms with Gasteiger partial charge in [0.05, 0.1) is 12.2 Å². The Hall–Kier alpha value is -0.870. The van der Waals surface area contributed by atoms with E-state index >= 15 is 0 Å². The van der Waals surface area contributed by atoms with Gasteiger partial charge >= 0.3 is 0 Å². The SMILES string of the molecule is C/C=C/C(=O)N1C[C@H](O)C[C@H](O)C1. The van der Waals surface area contributed by atoms with Crippen LogP contribution in [0, 0.1) is 0 Å². The van der Waals surface area contributed by atoms with Crippen LogP contribution in [0.1, 0.15) is 13.3 Å². The molecule has 1 saturated heterocycles. The fourth-order valence-corrected chi connectivity index (χ4v) is 1.47. The number of rotatable bonds is 1. The first-order chi connectivity index (χ1) is 6.13. The number of carbonyl (C=O) groups excluding carboxylic acids is 1. The summed E-state index contributed by atoms with van der Waals surface area (Å²) in [6, 6.07) is 0. The van der Waals surface area contributed by atoms with Gasteiger partial charge in [0.15, 0.2) is 0 Å². The van der Waals surface area contributed by atoms with Gasteiger partial charge in [0.25, 0.3) is 0 Å². The van der Waals surface area contributed by atoms with Crippen LogP contribution in [0.25, 0.3) is 0 Å². The van der Waals surface area contributed by atoms with E-state index in [0.29, 0.717) is 19.5 Å². The second kappa shape index (κ2) is 4.39. The Morgan fingerprint density at radius 3 is 2.38 bits per heavy atom. The first-order valence-electron chi connectivity index (χ1n) is 4.41. The third-order valence-electron chi connectivity index (χ3n) is 2.03. The van der Waals surface area contributed by atoms with E-state index in [1.807, 2.05) is 0 Å². The molecule has 0 aromatic heterocycles. The number of allylic oxidation sites excluding steroid dienone is 1. The third-order valence-corrected chi connectivity index (χ3v) is 2.03. The van der Waals surface area contributed by atoms with Crippen molar-refractivity contribution < 1.29 is 15.0 Å². The van der Waals surface area contributed by atoms with Crippen LogP contribution in [-0.4, -0.2) is 46.3 Å². The maximum Gasteiger partial charge on any atom is 0.246 e. The van der Waals surface area contributed by atoms with Crippen molar-refractivity contribution in [2.24, 2.45) is 0 Å². The van der Waals surface area contributed by atoms with Crippen molar-refractivity contribution >= 4 is 5.91 Å². The normalized spacial score (nSPS) is 29.6. The molecule has 0 unspecified atom stereocenters. The van der Waals surface area contributed by atoms with Gasteiger partial charge in [0.2, 0.25) is 5.91 Å². The number of nitrogens with zero attached hydrogens (tertiary/aromatic N) is 1. The summed E-state index contributed by atoms with van der Waals surface area (Å²) in [6.07, 6.45) is 2.25. The summed E-state index contributed by atoms with van der Waals surface area (Å²) in [7, 11) is 0. The highest BCUT2D eigenvalue weighted by Crippen LogP contribution is 2.10.